The molecule has 1 aromatic heterocycles. The zero-order valence-electron chi connectivity index (χ0n) is 14.3. The first-order valence-electron chi connectivity index (χ1n) is 8.38. The van der Waals surface area contributed by atoms with Crippen molar-refractivity contribution in [2.24, 2.45) is 0 Å². The third kappa shape index (κ3) is 4.18. The predicted octanol–water partition coefficient (Wildman–Crippen LogP) is 2.21. The quantitative estimate of drug-likeness (QED) is 0.819. The van der Waals surface area contributed by atoms with Crippen LogP contribution >= 0.6 is 0 Å². The maximum absolute atomic E-state index is 12.5. The standard InChI is InChI=1S/C18H23N3O3S/c1-24-18-9-3-2-8-16(18)17(21-11-4-5-12-21)14-20-25(22,23)15-7-6-10-19-13-15/h2-3,6-10,13,17,20H,4-5,11-12,14H2,1H3. The van der Waals surface area contributed by atoms with Gasteiger partial charge >= 0.3 is 0 Å². The lowest BCUT2D eigenvalue weighted by molar-refractivity contribution is 0.240. The fourth-order valence-corrected chi connectivity index (χ4v) is 4.21. The van der Waals surface area contributed by atoms with Crippen LogP contribution in [-0.2, 0) is 10.0 Å². The van der Waals surface area contributed by atoms with Crippen molar-refractivity contribution in [2.45, 2.75) is 23.8 Å². The fraction of sp³-hybridized carbons (Fsp3) is 0.389. The number of nitrogens with one attached hydrogen (secondary N) is 1. The first-order chi connectivity index (χ1) is 12.1. The van der Waals surface area contributed by atoms with Gasteiger partial charge in [-0.15, -0.1) is 0 Å². The Kier molecular flexibility index (Phi) is 5.67. The van der Waals surface area contributed by atoms with Crippen LogP contribution in [0.5, 0.6) is 5.75 Å². The Bertz CT molecular complexity index is 790. The van der Waals surface area contributed by atoms with Crippen LogP contribution in [0.25, 0.3) is 0 Å². The Hall–Kier alpha value is -1.96. The van der Waals surface area contributed by atoms with Gasteiger partial charge in [0.25, 0.3) is 0 Å². The van der Waals surface area contributed by atoms with Gasteiger partial charge in [-0.1, -0.05) is 18.2 Å². The number of nitrogens with zero attached hydrogens (tertiary/aromatic N) is 2. The Labute approximate surface area is 148 Å². The number of para-hydroxylation sites is 1. The maximum atomic E-state index is 12.5. The molecule has 1 aromatic carbocycles. The van der Waals surface area contributed by atoms with E-state index in [4.69, 9.17) is 4.74 Å². The summed E-state index contributed by atoms with van der Waals surface area (Å²) < 4.78 is 33.3. The van der Waals surface area contributed by atoms with E-state index in [-0.39, 0.29) is 17.5 Å². The average Bonchev–Trinajstić information content (AvgIpc) is 3.17. The third-order valence-corrected chi connectivity index (χ3v) is 5.90. The number of likely N-dealkylation sites (tertiary alicyclic amines) is 1. The largest absolute Gasteiger partial charge is 0.496 e. The molecule has 134 valence electrons. The van der Waals surface area contributed by atoms with E-state index in [9.17, 15) is 8.42 Å². The number of aromatic nitrogens is 1. The van der Waals surface area contributed by atoms with E-state index in [1.54, 1.807) is 25.4 Å². The van der Waals surface area contributed by atoms with Gasteiger partial charge in [-0.2, -0.15) is 0 Å². The summed E-state index contributed by atoms with van der Waals surface area (Å²) in [5, 5.41) is 0. The highest BCUT2D eigenvalue weighted by atomic mass is 32.2. The lowest BCUT2D eigenvalue weighted by atomic mass is 10.0. The molecule has 0 saturated carbocycles. The van der Waals surface area contributed by atoms with Gasteiger partial charge in [0, 0.05) is 24.5 Å². The van der Waals surface area contributed by atoms with E-state index in [1.807, 2.05) is 24.3 Å². The summed E-state index contributed by atoms with van der Waals surface area (Å²) in [7, 11) is -1.95. The Morgan fingerprint density at radius 1 is 1.20 bits per heavy atom. The van der Waals surface area contributed by atoms with Gasteiger partial charge in [-0.05, 0) is 44.1 Å². The predicted molar refractivity (Wildman–Crippen MR) is 96.0 cm³/mol. The second-order valence-corrected chi connectivity index (χ2v) is 7.81. The van der Waals surface area contributed by atoms with Crippen LogP contribution in [-0.4, -0.2) is 45.0 Å². The van der Waals surface area contributed by atoms with Crippen molar-refractivity contribution in [3.05, 3.63) is 54.4 Å². The number of ether oxygens (including phenoxy) is 1. The van der Waals surface area contributed by atoms with Gasteiger partial charge in [-0.3, -0.25) is 9.88 Å². The number of pyridine rings is 1. The monoisotopic (exact) mass is 361 g/mol. The minimum absolute atomic E-state index is 0.0647. The Balaban J connectivity index is 1.83. The molecule has 1 aliphatic heterocycles. The molecule has 25 heavy (non-hydrogen) atoms. The molecule has 1 saturated heterocycles. The minimum Gasteiger partial charge on any atom is -0.496 e. The highest BCUT2D eigenvalue weighted by Crippen LogP contribution is 2.31. The van der Waals surface area contributed by atoms with Gasteiger partial charge in [0.15, 0.2) is 0 Å². The molecule has 3 rings (SSSR count). The molecule has 1 fully saturated rings. The third-order valence-electron chi connectivity index (χ3n) is 4.49. The Morgan fingerprint density at radius 2 is 1.96 bits per heavy atom. The normalized spacial score (nSPS) is 16.7. The highest BCUT2D eigenvalue weighted by molar-refractivity contribution is 7.89. The molecular weight excluding hydrogens is 338 g/mol. The second kappa shape index (κ2) is 7.95. The summed E-state index contributed by atoms with van der Waals surface area (Å²) in [6.45, 7) is 2.20. The zero-order chi connectivity index (χ0) is 17.7. The second-order valence-electron chi connectivity index (χ2n) is 6.04. The SMILES string of the molecule is COc1ccccc1C(CNS(=O)(=O)c1cccnc1)N1CCCC1. The summed E-state index contributed by atoms with van der Waals surface area (Å²) in [6, 6.07) is 10.9. The van der Waals surface area contributed by atoms with Crippen molar-refractivity contribution in [2.75, 3.05) is 26.7 Å². The number of benzene rings is 1. The maximum Gasteiger partial charge on any atom is 0.242 e. The van der Waals surface area contributed by atoms with E-state index in [2.05, 4.69) is 14.6 Å². The molecule has 0 aliphatic carbocycles. The molecular formula is C18H23N3O3S. The molecule has 1 unspecified atom stereocenters. The van der Waals surface area contributed by atoms with Crippen molar-refractivity contribution in [1.82, 2.24) is 14.6 Å². The van der Waals surface area contributed by atoms with Crippen LogP contribution in [0.3, 0.4) is 0 Å². The van der Waals surface area contributed by atoms with Crippen molar-refractivity contribution in [1.29, 1.82) is 0 Å². The number of hydrogen-bond acceptors (Lipinski definition) is 5. The smallest absolute Gasteiger partial charge is 0.242 e. The van der Waals surface area contributed by atoms with Crippen molar-refractivity contribution in [3.8, 4) is 5.75 Å². The van der Waals surface area contributed by atoms with Crippen LogP contribution in [0.4, 0.5) is 0 Å². The first kappa shape index (κ1) is 17.8. The van der Waals surface area contributed by atoms with Gasteiger partial charge in [0.05, 0.1) is 13.2 Å². The number of sulfonamides is 1. The molecule has 0 amide bonds. The van der Waals surface area contributed by atoms with Gasteiger partial charge < -0.3 is 4.74 Å². The molecule has 2 heterocycles. The van der Waals surface area contributed by atoms with Crippen LogP contribution < -0.4 is 9.46 Å². The minimum atomic E-state index is -3.59. The fourth-order valence-electron chi connectivity index (χ4n) is 3.21. The zero-order valence-corrected chi connectivity index (χ0v) is 15.1. The highest BCUT2D eigenvalue weighted by Gasteiger charge is 2.27. The number of hydrogen-bond donors (Lipinski definition) is 1. The average molecular weight is 361 g/mol. The van der Waals surface area contributed by atoms with Crippen LogP contribution in [0.2, 0.25) is 0 Å². The van der Waals surface area contributed by atoms with Crippen LogP contribution in [0, 0.1) is 0 Å². The molecule has 1 N–H and O–H groups in total. The summed E-state index contributed by atoms with van der Waals surface area (Å²) >= 11 is 0. The molecule has 1 atom stereocenters. The summed E-state index contributed by atoms with van der Waals surface area (Å²) in [4.78, 5) is 6.38. The Morgan fingerprint density at radius 3 is 2.64 bits per heavy atom. The van der Waals surface area contributed by atoms with Crippen LogP contribution in [0.1, 0.15) is 24.4 Å². The van der Waals surface area contributed by atoms with Gasteiger partial charge in [0.1, 0.15) is 10.6 Å². The van der Waals surface area contributed by atoms with Crippen LogP contribution in [0.15, 0.2) is 53.7 Å². The molecule has 0 bridgehead atoms. The summed E-state index contributed by atoms with van der Waals surface area (Å²) in [5.41, 5.74) is 1.00. The van der Waals surface area contributed by atoms with Gasteiger partial charge in [0.2, 0.25) is 10.0 Å². The summed E-state index contributed by atoms with van der Waals surface area (Å²) in [6.07, 6.45) is 5.17. The van der Waals surface area contributed by atoms with E-state index >= 15 is 0 Å². The molecule has 1 aliphatic rings. The number of rotatable bonds is 7. The van der Waals surface area contributed by atoms with Crippen molar-refractivity contribution in [3.63, 3.8) is 0 Å². The first-order valence-corrected chi connectivity index (χ1v) is 9.87. The lowest BCUT2D eigenvalue weighted by Crippen LogP contribution is -2.37. The molecule has 7 heteroatoms. The van der Waals surface area contributed by atoms with E-state index in [0.717, 1.165) is 37.2 Å². The molecule has 6 nitrogen and oxygen atoms in total. The molecule has 2 aromatic rings. The van der Waals surface area contributed by atoms with E-state index in [1.165, 1.54) is 6.20 Å². The topological polar surface area (TPSA) is 71.5 Å². The summed E-state index contributed by atoms with van der Waals surface area (Å²) in [5.74, 6) is 0.778. The molecule has 0 spiro atoms. The number of methoxy groups -OCH3 is 1. The van der Waals surface area contributed by atoms with Crippen molar-refractivity contribution >= 4 is 10.0 Å². The van der Waals surface area contributed by atoms with E-state index in [0.29, 0.717) is 0 Å². The molecule has 0 radical (unpaired) electrons. The lowest BCUT2D eigenvalue weighted by Gasteiger charge is -2.29. The van der Waals surface area contributed by atoms with Gasteiger partial charge in [-0.25, -0.2) is 13.1 Å². The van der Waals surface area contributed by atoms with Crippen molar-refractivity contribution < 1.29 is 13.2 Å². The van der Waals surface area contributed by atoms with E-state index < -0.39 is 10.0 Å².